The second-order valence-electron chi connectivity index (χ2n) is 4.13. The number of hydrogen-bond acceptors (Lipinski definition) is 2. The zero-order valence-electron chi connectivity index (χ0n) is 9.45. The van der Waals surface area contributed by atoms with Crippen LogP contribution in [0.15, 0.2) is 4.99 Å². The summed E-state index contributed by atoms with van der Waals surface area (Å²) >= 11 is 0. The van der Waals surface area contributed by atoms with Crippen LogP contribution in [0.4, 0.5) is 0 Å². The molecule has 1 saturated heterocycles. The Morgan fingerprint density at radius 2 is 2.21 bits per heavy atom. The molecule has 82 valence electrons. The normalized spacial score (nSPS) is 29.1. The van der Waals surface area contributed by atoms with Gasteiger partial charge in [-0.25, -0.2) is 5.84 Å². The maximum absolute atomic E-state index is 5.47. The smallest absolute Gasteiger partial charge is 0.208 e. The minimum absolute atomic E-state index is 0.549. The molecular weight excluding hydrogens is 176 g/mol. The second-order valence-corrected chi connectivity index (χ2v) is 4.13. The third-order valence-electron chi connectivity index (χ3n) is 2.83. The molecule has 0 saturated carbocycles. The van der Waals surface area contributed by atoms with Crippen LogP contribution in [-0.4, -0.2) is 30.0 Å². The van der Waals surface area contributed by atoms with Gasteiger partial charge < -0.3 is 4.90 Å². The van der Waals surface area contributed by atoms with E-state index in [0.717, 1.165) is 25.0 Å². The van der Waals surface area contributed by atoms with Crippen LogP contribution in [0.1, 0.15) is 33.6 Å². The number of hydrazine groups is 1. The van der Waals surface area contributed by atoms with Crippen molar-refractivity contribution < 1.29 is 0 Å². The molecular formula is C10H22N4. The van der Waals surface area contributed by atoms with E-state index in [-0.39, 0.29) is 0 Å². The predicted octanol–water partition coefficient (Wildman–Crippen LogP) is 0.946. The molecule has 2 unspecified atom stereocenters. The van der Waals surface area contributed by atoms with E-state index in [2.05, 4.69) is 29.2 Å². The van der Waals surface area contributed by atoms with Crippen LogP contribution < -0.4 is 11.3 Å². The van der Waals surface area contributed by atoms with Crippen LogP contribution in [0.5, 0.6) is 0 Å². The molecule has 0 spiro atoms. The SMILES string of the molecule is CCN=C(NN)N1CC(C)CCC1C. The van der Waals surface area contributed by atoms with E-state index in [1.54, 1.807) is 0 Å². The molecule has 0 aromatic rings. The fraction of sp³-hybridized carbons (Fsp3) is 0.900. The summed E-state index contributed by atoms with van der Waals surface area (Å²) in [7, 11) is 0. The molecule has 0 aromatic carbocycles. The van der Waals surface area contributed by atoms with Crippen molar-refractivity contribution in [2.24, 2.45) is 16.8 Å². The predicted molar refractivity (Wildman–Crippen MR) is 59.9 cm³/mol. The standard InChI is InChI=1S/C10H22N4/c1-4-12-10(13-11)14-7-8(2)5-6-9(14)3/h8-9H,4-7,11H2,1-3H3,(H,12,13). The van der Waals surface area contributed by atoms with Crippen molar-refractivity contribution in [3.63, 3.8) is 0 Å². The molecule has 0 amide bonds. The minimum Gasteiger partial charge on any atom is -0.339 e. The highest BCUT2D eigenvalue weighted by Gasteiger charge is 2.24. The number of rotatable bonds is 1. The van der Waals surface area contributed by atoms with Crippen LogP contribution in [0, 0.1) is 5.92 Å². The van der Waals surface area contributed by atoms with Crippen LogP contribution in [0.2, 0.25) is 0 Å². The molecule has 3 N–H and O–H groups in total. The highest BCUT2D eigenvalue weighted by atomic mass is 15.4. The minimum atomic E-state index is 0.549. The monoisotopic (exact) mass is 198 g/mol. The highest BCUT2D eigenvalue weighted by Crippen LogP contribution is 2.20. The summed E-state index contributed by atoms with van der Waals surface area (Å²) in [6.45, 7) is 8.37. The van der Waals surface area contributed by atoms with Crippen molar-refractivity contribution >= 4 is 5.96 Å². The first-order valence-corrected chi connectivity index (χ1v) is 5.46. The van der Waals surface area contributed by atoms with Crippen LogP contribution >= 0.6 is 0 Å². The molecule has 0 radical (unpaired) electrons. The van der Waals surface area contributed by atoms with Gasteiger partial charge in [-0.1, -0.05) is 6.92 Å². The van der Waals surface area contributed by atoms with E-state index in [9.17, 15) is 0 Å². The Morgan fingerprint density at radius 1 is 1.50 bits per heavy atom. The molecule has 1 rings (SSSR count). The number of piperidine rings is 1. The Morgan fingerprint density at radius 3 is 2.79 bits per heavy atom. The lowest BCUT2D eigenvalue weighted by Crippen LogP contribution is -2.52. The van der Waals surface area contributed by atoms with E-state index < -0.39 is 0 Å². The average molecular weight is 198 g/mol. The molecule has 0 aromatic heterocycles. The number of aliphatic imine (C=N–C) groups is 1. The zero-order chi connectivity index (χ0) is 10.6. The summed E-state index contributed by atoms with van der Waals surface area (Å²) in [6, 6.07) is 0.549. The molecule has 14 heavy (non-hydrogen) atoms. The van der Waals surface area contributed by atoms with Crippen molar-refractivity contribution in [2.45, 2.75) is 39.7 Å². The van der Waals surface area contributed by atoms with Gasteiger partial charge in [0.15, 0.2) is 0 Å². The van der Waals surface area contributed by atoms with Crippen LogP contribution in [-0.2, 0) is 0 Å². The van der Waals surface area contributed by atoms with Gasteiger partial charge >= 0.3 is 0 Å². The number of nitrogens with zero attached hydrogens (tertiary/aromatic N) is 2. The average Bonchev–Trinajstić information content (AvgIpc) is 2.18. The molecule has 0 aliphatic carbocycles. The highest BCUT2D eigenvalue weighted by molar-refractivity contribution is 5.79. The van der Waals surface area contributed by atoms with E-state index in [4.69, 9.17) is 5.84 Å². The van der Waals surface area contributed by atoms with Gasteiger partial charge in [-0.05, 0) is 32.6 Å². The van der Waals surface area contributed by atoms with Gasteiger partial charge in [-0.3, -0.25) is 10.4 Å². The van der Waals surface area contributed by atoms with Gasteiger partial charge in [0.1, 0.15) is 0 Å². The van der Waals surface area contributed by atoms with Gasteiger partial charge in [0.25, 0.3) is 0 Å². The number of likely N-dealkylation sites (tertiary alicyclic amines) is 1. The van der Waals surface area contributed by atoms with Crippen molar-refractivity contribution in [1.82, 2.24) is 10.3 Å². The Balaban J connectivity index is 2.67. The molecule has 0 bridgehead atoms. The summed E-state index contributed by atoms with van der Waals surface area (Å²) < 4.78 is 0. The molecule has 1 heterocycles. The van der Waals surface area contributed by atoms with Crippen molar-refractivity contribution in [3.8, 4) is 0 Å². The van der Waals surface area contributed by atoms with Gasteiger partial charge in [-0.15, -0.1) is 0 Å². The van der Waals surface area contributed by atoms with Gasteiger partial charge in [-0.2, -0.15) is 0 Å². The Kier molecular flexibility index (Phi) is 4.20. The maximum atomic E-state index is 5.47. The number of hydrogen-bond donors (Lipinski definition) is 2. The van der Waals surface area contributed by atoms with Crippen LogP contribution in [0.3, 0.4) is 0 Å². The first kappa shape index (κ1) is 11.3. The molecule has 1 fully saturated rings. The molecule has 1 aliphatic rings. The number of nitrogens with two attached hydrogens (primary N) is 1. The second kappa shape index (κ2) is 5.20. The maximum Gasteiger partial charge on any atom is 0.208 e. The summed E-state index contributed by atoms with van der Waals surface area (Å²) in [6.07, 6.45) is 2.53. The molecule has 4 heteroatoms. The first-order valence-electron chi connectivity index (χ1n) is 5.46. The largest absolute Gasteiger partial charge is 0.339 e. The van der Waals surface area contributed by atoms with E-state index in [0.29, 0.717) is 6.04 Å². The Bertz CT molecular complexity index is 202. The number of nitrogens with one attached hydrogen (secondary N) is 1. The van der Waals surface area contributed by atoms with Gasteiger partial charge in [0.05, 0.1) is 0 Å². The third kappa shape index (κ3) is 2.61. The quantitative estimate of drug-likeness (QED) is 0.285. The van der Waals surface area contributed by atoms with Gasteiger partial charge in [0.2, 0.25) is 5.96 Å². The number of guanidine groups is 1. The van der Waals surface area contributed by atoms with E-state index in [1.165, 1.54) is 12.8 Å². The molecule has 4 nitrogen and oxygen atoms in total. The Hall–Kier alpha value is -0.770. The van der Waals surface area contributed by atoms with E-state index >= 15 is 0 Å². The van der Waals surface area contributed by atoms with Crippen molar-refractivity contribution in [1.29, 1.82) is 0 Å². The summed E-state index contributed by atoms with van der Waals surface area (Å²) in [5.74, 6) is 7.05. The van der Waals surface area contributed by atoms with E-state index in [1.807, 2.05) is 6.92 Å². The fourth-order valence-corrected chi connectivity index (χ4v) is 1.95. The summed E-state index contributed by atoms with van der Waals surface area (Å²) in [5, 5.41) is 0. The summed E-state index contributed by atoms with van der Waals surface area (Å²) in [5.41, 5.74) is 2.70. The summed E-state index contributed by atoms with van der Waals surface area (Å²) in [4.78, 5) is 6.63. The fourth-order valence-electron chi connectivity index (χ4n) is 1.95. The first-order chi connectivity index (χ1) is 6.69. The zero-order valence-corrected chi connectivity index (χ0v) is 9.45. The topological polar surface area (TPSA) is 53.6 Å². The van der Waals surface area contributed by atoms with Crippen molar-refractivity contribution in [2.75, 3.05) is 13.1 Å². The van der Waals surface area contributed by atoms with Gasteiger partial charge in [0, 0.05) is 19.1 Å². The third-order valence-corrected chi connectivity index (χ3v) is 2.83. The Labute approximate surface area is 86.5 Å². The molecule has 1 aliphatic heterocycles. The lowest BCUT2D eigenvalue weighted by atomic mass is 9.95. The van der Waals surface area contributed by atoms with Crippen LogP contribution in [0.25, 0.3) is 0 Å². The molecule has 2 atom stereocenters. The van der Waals surface area contributed by atoms with Crippen molar-refractivity contribution in [3.05, 3.63) is 0 Å². The lowest BCUT2D eigenvalue weighted by molar-refractivity contribution is 0.201. The lowest BCUT2D eigenvalue weighted by Gasteiger charge is -2.38.